The molecule has 2 fully saturated rings. The van der Waals surface area contributed by atoms with Gasteiger partial charge in [-0.2, -0.15) is 0 Å². The number of likely N-dealkylation sites (tertiary alicyclic amines) is 1. The monoisotopic (exact) mass is 345 g/mol. The van der Waals surface area contributed by atoms with Gasteiger partial charge in [-0.15, -0.1) is 0 Å². The van der Waals surface area contributed by atoms with E-state index >= 15 is 0 Å². The standard InChI is InChI=1S/C21H35N3O/c1-15(2)21-22-13-18(14-23-21)17-9-11-24(12-10-17)19-5-7-20(8-6-19)25-16(3)4/h13-17,19-20H,5-12H2,1-4H3/t19-,20+. The van der Waals surface area contributed by atoms with Crippen LogP contribution in [-0.4, -0.2) is 46.2 Å². The highest BCUT2D eigenvalue weighted by atomic mass is 16.5. The summed E-state index contributed by atoms with van der Waals surface area (Å²) in [6.45, 7) is 11.0. The number of piperidine rings is 1. The fraction of sp³-hybridized carbons (Fsp3) is 0.810. The SMILES string of the molecule is CC(C)O[C@H]1CC[C@@H](N2CCC(c3cnc(C(C)C)nc3)CC2)CC1. The second kappa shape index (κ2) is 8.59. The Hall–Kier alpha value is -1.00. The maximum Gasteiger partial charge on any atom is 0.130 e. The van der Waals surface area contributed by atoms with Crippen molar-refractivity contribution in [2.75, 3.05) is 13.1 Å². The van der Waals surface area contributed by atoms with Gasteiger partial charge in [-0.05, 0) is 76.9 Å². The molecular formula is C21H35N3O. The van der Waals surface area contributed by atoms with Crippen molar-refractivity contribution >= 4 is 0 Å². The van der Waals surface area contributed by atoms with E-state index in [4.69, 9.17) is 4.74 Å². The zero-order valence-electron chi connectivity index (χ0n) is 16.4. The van der Waals surface area contributed by atoms with Gasteiger partial charge in [-0.1, -0.05) is 13.8 Å². The lowest BCUT2D eigenvalue weighted by Gasteiger charge is -2.41. The highest BCUT2D eigenvalue weighted by molar-refractivity contribution is 5.14. The zero-order chi connectivity index (χ0) is 17.8. The lowest BCUT2D eigenvalue weighted by Crippen LogP contribution is -2.43. The van der Waals surface area contributed by atoms with E-state index in [-0.39, 0.29) is 0 Å². The van der Waals surface area contributed by atoms with Crippen molar-refractivity contribution in [1.29, 1.82) is 0 Å². The summed E-state index contributed by atoms with van der Waals surface area (Å²) in [5.74, 6) is 2.00. The molecule has 1 aliphatic carbocycles. The van der Waals surface area contributed by atoms with Crippen molar-refractivity contribution in [2.24, 2.45) is 0 Å². The average Bonchev–Trinajstić information content (AvgIpc) is 2.62. The number of nitrogens with zero attached hydrogens (tertiary/aromatic N) is 3. The van der Waals surface area contributed by atoms with E-state index in [1.807, 2.05) is 0 Å². The first-order chi connectivity index (χ1) is 12.0. The Labute approximate surface area is 153 Å². The maximum absolute atomic E-state index is 6.00. The van der Waals surface area contributed by atoms with E-state index < -0.39 is 0 Å². The average molecular weight is 346 g/mol. The van der Waals surface area contributed by atoms with Crippen LogP contribution in [0.5, 0.6) is 0 Å². The van der Waals surface area contributed by atoms with Crippen LogP contribution in [0.1, 0.15) is 89.4 Å². The van der Waals surface area contributed by atoms with Crippen LogP contribution in [0.3, 0.4) is 0 Å². The van der Waals surface area contributed by atoms with Crippen LogP contribution in [0.25, 0.3) is 0 Å². The van der Waals surface area contributed by atoms with E-state index in [0.29, 0.717) is 24.0 Å². The molecule has 25 heavy (non-hydrogen) atoms. The summed E-state index contributed by atoms with van der Waals surface area (Å²) in [6, 6.07) is 0.771. The number of hydrogen-bond acceptors (Lipinski definition) is 4. The zero-order valence-corrected chi connectivity index (χ0v) is 16.4. The van der Waals surface area contributed by atoms with Gasteiger partial charge in [-0.25, -0.2) is 9.97 Å². The second-order valence-corrected chi connectivity index (χ2v) is 8.45. The molecule has 4 heteroatoms. The molecule has 0 aromatic carbocycles. The van der Waals surface area contributed by atoms with Crippen LogP contribution in [0.15, 0.2) is 12.4 Å². The van der Waals surface area contributed by atoms with Crippen molar-refractivity contribution in [3.63, 3.8) is 0 Å². The first-order valence-corrected chi connectivity index (χ1v) is 10.2. The summed E-state index contributed by atoms with van der Waals surface area (Å²) in [5, 5.41) is 0. The van der Waals surface area contributed by atoms with Crippen molar-refractivity contribution in [2.45, 2.75) is 96.3 Å². The Morgan fingerprint density at radius 2 is 1.52 bits per heavy atom. The molecule has 0 unspecified atom stereocenters. The van der Waals surface area contributed by atoms with E-state index in [1.165, 1.54) is 57.2 Å². The molecule has 1 aromatic rings. The largest absolute Gasteiger partial charge is 0.376 e. The molecule has 1 saturated heterocycles. The van der Waals surface area contributed by atoms with E-state index in [0.717, 1.165) is 11.9 Å². The van der Waals surface area contributed by atoms with Gasteiger partial charge in [0.05, 0.1) is 12.2 Å². The van der Waals surface area contributed by atoms with Crippen LogP contribution in [-0.2, 0) is 4.74 Å². The predicted molar refractivity (Wildman–Crippen MR) is 102 cm³/mol. The molecule has 2 aliphatic rings. The first kappa shape index (κ1) is 18.8. The van der Waals surface area contributed by atoms with Gasteiger partial charge in [0.1, 0.15) is 5.82 Å². The lowest BCUT2D eigenvalue weighted by atomic mass is 9.87. The topological polar surface area (TPSA) is 38.2 Å². The molecule has 3 rings (SSSR count). The van der Waals surface area contributed by atoms with E-state index in [9.17, 15) is 0 Å². The highest BCUT2D eigenvalue weighted by Crippen LogP contribution is 2.32. The van der Waals surface area contributed by atoms with Crippen molar-refractivity contribution in [3.8, 4) is 0 Å². The summed E-state index contributed by atoms with van der Waals surface area (Å²) in [7, 11) is 0. The Kier molecular flexibility index (Phi) is 6.45. The van der Waals surface area contributed by atoms with E-state index in [2.05, 4.69) is 55.0 Å². The molecule has 0 atom stereocenters. The van der Waals surface area contributed by atoms with Crippen LogP contribution in [0.2, 0.25) is 0 Å². The van der Waals surface area contributed by atoms with Gasteiger partial charge >= 0.3 is 0 Å². The predicted octanol–water partition coefficient (Wildman–Crippen LogP) is 4.52. The molecule has 0 N–H and O–H groups in total. The minimum absolute atomic E-state index is 0.363. The number of aromatic nitrogens is 2. The molecule has 4 nitrogen and oxygen atoms in total. The highest BCUT2D eigenvalue weighted by Gasteiger charge is 2.30. The van der Waals surface area contributed by atoms with Crippen molar-refractivity contribution < 1.29 is 4.74 Å². The second-order valence-electron chi connectivity index (χ2n) is 8.45. The molecule has 0 radical (unpaired) electrons. The molecule has 1 saturated carbocycles. The third-order valence-corrected chi connectivity index (χ3v) is 5.83. The summed E-state index contributed by atoms with van der Waals surface area (Å²) in [4.78, 5) is 11.8. The molecule has 1 aliphatic heterocycles. The van der Waals surface area contributed by atoms with Gasteiger partial charge in [0, 0.05) is 24.4 Å². The Morgan fingerprint density at radius 3 is 2.04 bits per heavy atom. The lowest BCUT2D eigenvalue weighted by molar-refractivity contribution is -0.0282. The maximum atomic E-state index is 6.00. The Morgan fingerprint density at radius 1 is 0.920 bits per heavy atom. The van der Waals surface area contributed by atoms with Crippen LogP contribution >= 0.6 is 0 Å². The summed E-state index contributed by atoms with van der Waals surface area (Å²) >= 11 is 0. The molecule has 2 heterocycles. The summed E-state index contributed by atoms with van der Waals surface area (Å²) < 4.78 is 6.00. The van der Waals surface area contributed by atoms with Crippen molar-refractivity contribution in [1.82, 2.24) is 14.9 Å². The van der Waals surface area contributed by atoms with Crippen LogP contribution in [0.4, 0.5) is 0 Å². The number of hydrogen-bond donors (Lipinski definition) is 0. The van der Waals surface area contributed by atoms with Crippen molar-refractivity contribution in [3.05, 3.63) is 23.8 Å². The molecule has 0 spiro atoms. The smallest absolute Gasteiger partial charge is 0.130 e. The minimum atomic E-state index is 0.363. The third kappa shape index (κ3) is 5.01. The Bertz CT molecular complexity index is 512. The van der Waals surface area contributed by atoms with Gasteiger partial charge in [0.15, 0.2) is 0 Å². The fourth-order valence-corrected chi connectivity index (χ4v) is 4.39. The molecule has 140 valence electrons. The van der Waals surface area contributed by atoms with E-state index in [1.54, 1.807) is 0 Å². The van der Waals surface area contributed by atoms with Gasteiger partial charge in [-0.3, -0.25) is 0 Å². The van der Waals surface area contributed by atoms with Crippen LogP contribution < -0.4 is 0 Å². The molecular weight excluding hydrogens is 310 g/mol. The number of rotatable bonds is 5. The summed E-state index contributed by atoms with van der Waals surface area (Å²) in [6.07, 6.45) is 12.5. The molecule has 1 aromatic heterocycles. The summed E-state index contributed by atoms with van der Waals surface area (Å²) in [5.41, 5.74) is 1.33. The van der Waals surface area contributed by atoms with Crippen LogP contribution in [0, 0.1) is 0 Å². The quantitative estimate of drug-likeness (QED) is 0.786. The van der Waals surface area contributed by atoms with Gasteiger partial charge < -0.3 is 9.64 Å². The van der Waals surface area contributed by atoms with Gasteiger partial charge in [0.25, 0.3) is 0 Å². The first-order valence-electron chi connectivity index (χ1n) is 10.2. The fourth-order valence-electron chi connectivity index (χ4n) is 4.39. The third-order valence-electron chi connectivity index (χ3n) is 5.83. The Balaban J connectivity index is 1.46. The normalized spacial score (nSPS) is 26.5. The number of ether oxygens (including phenoxy) is 1. The molecule has 0 bridgehead atoms. The minimum Gasteiger partial charge on any atom is -0.376 e. The molecule has 0 amide bonds. The van der Waals surface area contributed by atoms with Gasteiger partial charge in [0.2, 0.25) is 0 Å².